The molecule has 0 N–H and O–H groups in total. The number of allylic oxidation sites excluding steroid dienone is 1. The van der Waals surface area contributed by atoms with Crippen molar-refractivity contribution in [2.75, 3.05) is 0 Å². The molecular weight excluding hydrogens is 259 g/mol. The van der Waals surface area contributed by atoms with Gasteiger partial charge in [0.25, 0.3) is 0 Å². The molecule has 0 saturated carbocycles. The van der Waals surface area contributed by atoms with Crippen LogP contribution in [0.2, 0.25) is 0 Å². The molecule has 0 amide bonds. The predicted octanol–water partition coefficient (Wildman–Crippen LogP) is 3.18. The van der Waals surface area contributed by atoms with Crippen LogP contribution in [0.1, 0.15) is 11.5 Å². The van der Waals surface area contributed by atoms with Gasteiger partial charge in [-0.25, -0.2) is 9.36 Å². The lowest BCUT2D eigenvalue weighted by atomic mass is 10.2. The van der Waals surface area contributed by atoms with E-state index >= 15 is 0 Å². The molecule has 0 saturated heterocycles. The highest BCUT2D eigenvalue weighted by atomic mass is 19.4. The maximum Gasteiger partial charge on any atom is 0.435 e. The molecular formula is C13H10F3NO2. The molecule has 2 rings (SSSR count). The summed E-state index contributed by atoms with van der Waals surface area (Å²) in [6.45, 7) is 3.35. The van der Waals surface area contributed by atoms with Gasteiger partial charge in [0.15, 0.2) is 5.69 Å². The van der Waals surface area contributed by atoms with Crippen molar-refractivity contribution in [2.24, 2.45) is 0 Å². The minimum atomic E-state index is -4.68. The Kier molecular flexibility index (Phi) is 3.33. The molecule has 100 valence electrons. The molecule has 1 aromatic carbocycles. The second-order valence-electron chi connectivity index (χ2n) is 3.80. The summed E-state index contributed by atoms with van der Waals surface area (Å²) in [6.07, 6.45) is -3.59. The number of oxazole rings is 1. The van der Waals surface area contributed by atoms with Gasteiger partial charge in [-0.05, 0) is 12.1 Å². The van der Waals surface area contributed by atoms with Crippen molar-refractivity contribution in [1.82, 2.24) is 4.57 Å². The van der Waals surface area contributed by atoms with Crippen LogP contribution in [0, 0.1) is 0 Å². The van der Waals surface area contributed by atoms with Gasteiger partial charge in [-0.3, -0.25) is 0 Å². The zero-order chi connectivity index (χ0) is 14.0. The molecule has 1 aromatic heterocycles. The molecule has 0 aliphatic rings. The van der Waals surface area contributed by atoms with Gasteiger partial charge in [-0.1, -0.05) is 24.3 Å². The van der Waals surface area contributed by atoms with Crippen molar-refractivity contribution in [2.45, 2.75) is 12.6 Å². The van der Waals surface area contributed by atoms with Crippen LogP contribution in [0.5, 0.6) is 0 Å². The number of rotatable bonds is 3. The van der Waals surface area contributed by atoms with E-state index in [4.69, 9.17) is 0 Å². The average molecular weight is 269 g/mol. The zero-order valence-corrected chi connectivity index (χ0v) is 9.78. The molecule has 0 spiro atoms. The number of alkyl halides is 3. The fraction of sp³-hybridized carbons (Fsp3) is 0.154. The molecule has 0 bridgehead atoms. The number of aromatic nitrogens is 1. The summed E-state index contributed by atoms with van der Waals surface area (Å²) in [5.41, 5.74) is -0.984. The van der Waals surface area contributed by atoms with E-state index in [0.717, 1.165) is 0 Å². The fourth-order valence-corrected chi connectivity index (χ4v) is 1.78. The number of hydrogen-bond donors (Lipinski definition) is 0. The average Bonchev–Trinajstić information content (AvgIpc) is 2.67. The Morgan fingerprint density at radius 2 is 1.89 bits per heavy atom. The Balaban J connectivity index is 2.73. The predicted molar refractivity (Wildman–Crippen MR) is 63.2 cm³/mol. The van der Waals surface area contributed by atoms with Crippen molar-refractivity contribution < 1.29 is 17.6 Å². The maximum atomic E-state index is 13.1. The number of hydrogen-bond acceptors (Lipinski definition) is 2. The molecule has 0 aliphatic heterocycles. The number of para-hydroxylation sites is 1. The third-order valence-electron chi connectivity index (χ3n) is 2.49. The van der Waals surface area contributed by atoms with Gasteiger partial charge in [-0.15, -0.1) is 6.58 Å². The molecule has 0 aliphatic carbocycles. The van der Waals surface area contributed by atoms with Crippen LogP contribution in [0.25, 0.3) is 5.69 Å². The Bertz CT molecular complexity index is 638. The van der Waals surface area contributed by atoms with Crippen molar-refractivity contribution in [3.8, 4) is 5.69 Å². The first-order valence-corrected chi connectivity index (χ1v) is 5.43. The van der Waals surface area contributed by atoms with Crippen molar-refractivity contribution in [3.05, 3.63) is 65.0 Å². The maximum absolute atomic E-state index is 13.1. The molecule has 1 heterocycles. The van der Waals surface area contributed by atoms with E-state index in [1.54, 1.807) is 18.2 Å². The summed E-state index contributed by atoms with van der Waals surface area (Å²) in [5, 5.41) is 0. The second-order valence-corrected chi connectivity index (χ2v) is 3.80. The van der Waals surface area contributed by atoms with E-state index in [2.05, 4.69) is 11.0 Å². The minimum absolute atomic E-state index is 0.110. The molecule has 19 heavy (non-hydrogen) atoms. The van der Waals surface area contributed by atoms with Crippen molar-refractivity contribution in [3.63, 3.8) is 0 Å². The Morgan fingerprint density at radius 1 is 1.26 bits per heavy atom. The standard InChI is InChI=1S/C13H10F3NO2/c1-2-6-10-11(13(14,15)16)17(12(18)19-10)9-7-4-3-5-8-9/h2-5,7-8H,1,6H2. The quantitative estimate of drug-likeness (QED) is 0.802. The lowest BCUT2D eigenvalue weighted by Gasteiger charge is -2.10. The number of halogens is 3. The van der Waals surface area contributed by atoms with Gasteiger partial charge in [0.2, 0.25) is 0 Å². The van der Waals surface area contributed by atoms with Crippen molar-refractivity contribution in [1.29, 1.82) is 0 Å². The van der Waals surface area contributed by atoms with Crippen LogP contribution in [-0.4, -0.2) is 4.57 Å². The molecule has 0 atom stereocenters. The lowest BCUT2D eigenvalue weighted by Crippen LogP contribution is -2.20. The van der Waals surface area contributed by atoms with E-state index in [1.165, 1.54) is 18.2 Å². The topological polar surface area (TPSA) is 35.1 Å². The van der Waals surface area contributed by atoms with Crippen LogP contribution in [-0.2, 0) is 12.6 Å². The monoisotopic (exact) mass is 269 g/mol. The summed E-state index contributed by atoms with van der Waals surface area (Å²) < 4.78 is 44.4. The van der Waals surface area contributed by atoms with E-state index < -0.39 is 23.4 Å². The highest BCUT2D eigenvalue weighted by Crippen LogP contribution is 2.33. The van der Waals surface area contributed by atoms with Gasteiger partial charge in [-0.2, -0.15) is 13.2 Å². The van der Waals surface area contributed by atoms with E-state index in [0.29, 0.717) is 4.57 Å². The third-order valence-corrected chi connectivity index (χ3v) is 2.49. The first kappa shape index (κ1) is 13.2. The lowest BCUT2D eigenvalue weighted by molar-refractivity contribution is -0.143. The second kappa shape index (κ2) is 4.79. The van der Waals surface area contributed by atoms with Crippen LogP contribution < -0.4 is 5.76 Å². The first-order valence-electron chi connectivity index (χ1n) is 5.43. The summed E-state index contributed by atoms with van der Waals surface area (Å²) in [7, 11) is 0. The number of nitrogens with zero attached hydrogens (tertiary/aromatic N) is 1. The van der Waals surface area contributed by atoms with Gasteiger partial charge in [0.1, 0.15) is 5.76 Å². The van der Waals surface area contributed by atoms with Gasteiger partial charge < -0.3 is 4.42 Å². The highest BCUT2D eigenvalue weighted by molar-refractivity contribution is 5.35. The summed E-state index contributed by atoms with van der Waals surface area (Å²) in [5.74, 6) is -1.49. The van der Waals surface area contributed by atoms with Crippen molar-refractivity contribution >= 4 is 0 Å². The van der Waals surface area contributed by atoms with Crippen LogP contribution in [0.4, 0.5) is 13.2 Å². The third kappa shape index (κ3) is 2.47. The fourth-order valence-electron chi connectivity index (χ4n) is 1.78. The summed E-state index contributed by atoms with van der Waals surface area (Å²) in [6, 6.07) is 7.55. The van der Waals surface area contributed by atoms with Crippen LogP contribution >= 0.6 is 0 Å². The van der Waals surface area contributed by atoms with E-state index in [1.807, 2.05) is 0 Å². The minimum Gasteiger partial charge on any atom is -0.412 e. The Labute approximate surface area is 106 Å². The van der Waals surface area contributed by atoms with Crippen LogP contribution in [0.3, 0.4) is 0 Å². The SMILES string of the molecule is C=CCc1oc(=O)n(-c2ccccc2)c1C(F)(F)F. The van der Waals surface area contributed by atoms with Gasteiger partial charge >= 0.3 is 11.9 Å². The molecule has 0 unspecified atom stereocenters. The first-order chi connectivity index (χ1) is 8.95. The zero-order valence-electron chi connectivity index (χ0n) is 9.78. The highest BCUT2D eigenvalue weighted by Gasteiger charge is 2.40. The smallest absolute Gasteiger partial charge is 0.412 e. The normalized spacial score (nSPS) is 11.5. The van der Waals surface area contributed by atoms with E-state index in [-0.39, 0.29) is 12.1 Å². The molecule has 3 nitrogen and oxygen atoms in total. The largest absolute Gasteiger partial charge is 0.435 e. The van der Waals surface area contributed by atoms with Crippen LogP contribution in [0.15, 0.2) is 52.2 Å². The molecule has 0 radical (unpaired) electrons. The summed E-state index contributed by atoms with van der Waals surface area (Å²) >= 11 is 0. The molecule has 6 heteroatoms. The van der Waals surface area contributed by atoms with Gasteiger partial charge in [0.05, 0.1) is 5.69 Å². The molecule has 0 fully saturated rings. The van der Waals surface area contributed by atoms with E-state index in [9.17, 15) is 18.0 Å². The van der Waals surface area contributed by atoms with Gasteiger partial charge in [0, 0.05) is 6.42 Å². The molecule has 2 aromatic rings. The summed E-state index contributed by atoms with van der Waals surface area (Å²) in [4.78, 5) is 11.6. The Morgan fingerprint density at radius 3 is 2.42 bits per heavy atom. The number of benzene rings is 1. The Hall–Kier alpha value is -2.24.